The Hall–Kier alpha value is -2.31. The molecule has 1 aromatic carbocycles. The molecule has 3 N–H and O–H groups in total. The summed E-state index contributed by atoms with van der Waals surface area (Å²) in [5, 5.41) is 2.66. The molecular weight excluding hydrogens is 277 g/mol. The number of esters is 1. The van der Waals surface area contributed by atoms with Gasteiger partial charge in [0.05, 0.1) is 24.4 Å². The Bertz CT molecular complexity index is 534. The van der Waals surface area contributed by atoms with Crippen molar-refractivity contribution in [3.63, 3.8) is 0 Å². The highest BCUT2D eigenvalue weighted by atomic mass is 19.1. The fourth-order valence-corrected chi connectivity index (χ4v) is 1.59. The van der Waals surface area contributed by atoms with Crippen LogP contribution in [0.4, 0.5) is 15.8 Å². The summed E-state index contributed by atoms with van der Waals surface area (Å²) in [6, 6.07) is 2.28. The van der Waals surface area contributed by atoms with Gasteiger partial charge in [0.1, 0.15) is 5.82 Å². The molecule has 0 aromatic heterocycles. The van der Waals surface area contributed by atoms with Gasteiger partial charge in [0, 0.05) is 19.3 Å². The molecule has 116 valence electrons. The Morgan fingerprint density at radius 2 is 2.05 bits per heavy atom. The Morgan fingerprint density at radius 3 is 2.62 bits per heavy atom. The molecule has 0 saturated carbocycles. The van der Waals surface area contributed by atoms with Gasteiger partial charge >= 0.3 is 5.97 Å². The molecule has 0 atom stereocenters. The van der Waals surface area contributed by atoms with Crippen LogP contribution < -0.4 is 11.1 Å². The van der Waals surface area contributed by atoms with Gasteiger partial charge in [-0.25, -0.2) is 9.18 Å². The molecule has 1 rings (SSSR count). The maximum atomic E-state index is 13.8. The van der Waals surface area contributed by atoms with Crippen molar-refractivity contribution >= 4 is 23.3 Å². The summed E-state index contributed by atoms with van der Waals surface area (Å²) in [4.78, 5) is 24.9. The van der Waals surface area contributed by atoms with Crippen molar-refractivity contribution in [3.8, 4) is 0 Å². The number of carbonyl (C=O) groups excluding carboxylic acids is 2. The molecule has 6 nitrogen and oxygen atoms in total. The summed E-state index contributed by atoms with van der Waals surface area (Å²) < 4.78 is 18.6. The van der Waals surface area contributed by atoms with Crippen LogP contribution in [-0.2, 0) is 9.53 Å². The number of anilines is 2. The predicted molar refractivity (Wildman–Crippen MR) is 78.6 cm³/mol. The Morgan fingerprint density at radius 1 is 1.38 bits per heavy atom. The number of carbonyl (C=O) groups is 2. The number of nitrogen functional groups attached to an aromatic ring is 1. The summed E-state index contributed by atoms with van der Waals surface area (Å²) in [7, 11) is 1.65. The lowest BCUT2D eigenvalue weighted by atomic mass is 10.1. The molecule has 7 heteroatoms. The topological polar surface area (TPSA) is 84.7 Å². The minimum absolute atomic E-state index is 0.00602. The Labute approximate surface area is 123 Å². The summed E-state index contributed by atoms with van der Waals surface area (Å²) in [5.41, 5.74) is 5.70. The number of rotatable bonds is 6. The second kappa shape index (κ2) is 7.47. The molecule has 0 radical (unpaired) electrons. The molecule has 1 aromatic rings. The lowest BCUT2D eigenvalue weighted by Crippen LogP contribution is -2.32. The van der Waals surface area contributed by atoms with Crippen molar-refractivity contribution in [3.05, 3.63) is 23.5 Å². The summed E-state index contributed by atoms with van der Waals surface area (Å²) in [5.74, 6) is -1.45. The fraction of sp³-hybridized carbons (Fsp3) is 0.429. The van der Waals surface area contributed by atoms with Crippen molar-refractivity contribution in [2.24, 2.45) is 0 Å². The SMILES string of the molecule is CCOC(=O)c1cc(NCC(=O)N(C)CC)c(F)cc1N. The van der Waals surface area contributed by atoms with E-state index in [1.165, 1.54) is 11.0 Å². The predicted octanol–water partition coefficient (Wildman–Crippen LogP) is 1.47. The van der Waals surface area contributed by atoms with Gasteiger partial charge in [0.25, 0.3) is 0 Å². The molecule has 0 unspecified atom stereocenters. The number of nitrogens with zero attached hydrogens (tertiary/aromatic N) is 1. The van der Waals surface area contributed by atoms with Crippen LogP contribution in [0.3, 0.4) is 0 Å². The summed E-state index contributed by atoms with van der Waals surface area (Å²) in [6.07, 6.45) is 0. The molecule has 0 saturated heterocycles. The van der Waals surface area contributed by atoms with Crippen LogP contribution >= 0.6 is 0 Å². The highest BCUT2D eigenvalue weighted by molar-refractivity contribution is 5.96. The van der Waals surface area contributed by atoms with Gasteiger partial charge in [0.2, 0.25) is 5.91 Å². The zero-order valence-corrected chi connectivity index (χ0v) is 12.4. The number of hydrogen-bond acceptors (Lipinski definition) is 5. The standard InChI is InChI=1S/C14H20FN3O3/c1-4-18(3)13(19)8-17-12-6-9(14(20)21-5-2)11(16)7-10(12)15/h6-7,17H,4-5,8,16H2,1-3H3. The molecule has 21 heavy (non-hydrogen) atoms. The molecule has 1 amide bonds. The molecule has 0 aliphatic carbocycles. The van der Waals surface area contributed by atoms with Crippen LogP contribution in [0.15, 0.2) is 12.1 Å². The smallest absolute Gasteiger partial charge is 0.340 e. The van der Waals surface area contributed by atoms with Gasteiger partial charge in [0.15, 0.2) is 0 Å². The van der Waals surface area contributed by atoms with Gasteiger partial charge in [-0.3, -0.25) is 4.79 Å². The minimum Gasteiger partial charge on any atom is -0.462 e. The second-order valence-electron chi connectivity index (χ2n) is 4.40. The number of ether oxygens (including phenoxy) is 1. The van der Waals surface area contributed by atoms with Crippen LogP contribution in [0.5, 0.6) is 0 Å². The molecule has 0 spiro atoms. The Kier molecular flexibility index (Phi) is 5.95. The summed E-state index contributed by atoms with van der Waals surface area (Å²) in [6.45, 7) is 4.17. The van der Waals surface area contributed by atoms with E-state index in [2.05, 4.69) is 5.32 Å². The number of amides is 1. The van der Waals surface area contributed by atoms with E-state index in [1.807, 2.05) is 6.92 Å². The van der Waals surface area contributed by atoms with E-state index in [0.717, 1.165) is 6.07 Å². The van der Waals surface area contributed by atoms with E-state index in [-0.39, 0.29) is 36.0 Å². The van der Waals surface area contributed by atoms with E-state index in [9.17, 15) is 14.0 Å². The highest BCUT2D eigenvalue weighted by Gasteiger charge is 2.16. The third kappa shape index (κ3) is 4.34. The van der Waals surface area contributed by atoms with E-state index < -0.39 is 11.8 Å². The van der Waals surface area contributed by atoms with Gasteiger partial charge in [-0.2, -0.15) is 0 Å². The average Bonchev–Trinajstić information content (AvgIpc) is 2.45. The fourth-order valence-electron chi connectivity index (χ4n) is 1.59. The monoisotopic (exact) mass is 297 g/mol. The van der Waals surface area contributed by atoms with Gasteiger partial charge < -0.3 is 20.7 Å². The molecule has 0 heterocycles. The van der Waals surface area contributed by atoms with Crippen molar-refractivity contribution in [2.45, 2.75) is 13.8 Å². The number of nitrogens with one attached hydrogen (secondary N) is 1. The van der Waals surface area contributed by atoms with Crippen LogP contribution in [0.25, 0.3) is 0 Å². The van der Waals surface area contributed by atoms with E-state index in [0.29, 0.717) is 6.54 Å². The first-order valence-corrected chi connectivity index (χ1v) is 6.64. The van der Waals surface area contributed by atoms with Gasteiger partial charge in [-0.15, -0.1) is 0 Å². The lowest BCUT2D eigenvalue weighted by Gasteiger charge is -2.16. The highest BCUT2D eigenvalue weighted by Crippen LogP contribution is 2.23. The van der Waals surface area contributed by atoms with Crippen LogP contribution in [0.2, 0.25) is 0 Å². The number of halogens is 1. The van der Waals surface area contributed by atoms with Crippen molar-refractivity contribution in [1.82, 2.24) is 4.90 Å². The quantitative estimate of drug-likeness (QED) is 0.613. The maximum absolute atomic E-state index is 13.8. The number of nitrogens with two attached hydrogens (primary N) is 1. The third-order valence-corrected chi connectivity index (χ3v) is 2.96. The van der Waals surface area contributed by atoms with Crippen molar-refractivity contribution in [1.29, 1.82) is 0 Å². The number of likely N-dealkylation sites (N-methyl/N-ethyl adjacent to an activating group) is 1. The van der Waals surface area contributed by atoms with E-state index in [4.69, 9.17) is 10.5 Å². The molecule has 0 fully saturated rings. The molecule has 0 aliphatic heterocycles. The third-order valence-electron chi connectivity index (χ3n) is 2.96. The van der Waals surface area contributed by atoms with E-state index in [1.54, 1.807) is 14.0 Å². The number of benzene rings is 1. The van der Waals surface area contributed by atoms with Crippen molar-refractivity contribution in [2.75, 3.05) is 37.8 Å². The summed E-state index contributed by atoms with van der Waals surface area (Å²) >= 11 is 0. The zero-order chi connectivity index (χ0) is 16.0. The molecule has 0 aliphatic rings. The lowest BCUT2D eigenvalue weighted by molar-refractivity contribution is -0.127. The van der Waals surface area contributed by atoms with Gasteiger partial charge in [-0.1, -0.05) is 0 Å². The van der Waals surface area contributed by atoms with Crippen LogP contribution in [-0.4, -0.2) is 43.5 Å². The van der Waals surface area contributed by atoms with E-state index >= 15 is 0 Å². The number of hydrogen-bond donors (Lipinski definition) is 2. The maximum Gasteiger partial charge on any atom is 0.340 e. The first kappa shape index (κ1) is 16.7. The first-order valence-electron chi connectivity index (χ1n) is 6.64. The zero-order valence-electron chi connectivity index (χ0n) is 12.4. The molecular formula is C14H20FN3O3. The second-order valence-corrected chi connectivity index (χ2v) is 4.40. The average molecular weight is 297 g/mol. The van der Waals surface area contributed by atoms with Gasteiger partial charge in [-0.05, 0) is 26.0 Å². The largest absolute Gasteiger partial charge is 0.462 e. The molecule has 0 bridgehead atoms. The van der Waals surface area contributed by atoms with Crippen LogP contribution in [0.1, 0.15) is 24.2 Å². The minimum atomic E-state index is -0.632. The Balaban J connectivity index is 2.90. The van der Waals surface area contributed by atoms with Crippen LogP contribution in [0, 0.1) is 5.82 Å². The normalized spacial score (nSPS) is 10.1. The first-order chi connectivity index (χ1) is 9.90. The van der Waals surface area contributed by atoms with Crippen molar-refractivity contribution < 1.29 is 18.7 Å².